The van der Waals surface area contributed by atoms with Crippen LogP contribution in [0.5, 0.6) is 0 Å². The van der Waals surface area contributed by atoms with E-state index < -0.39 is 10.0 Å². The third-order valence-corrected chi connectivity index (χ3v) is 6.06. The minimum atomic E-state index is -3.62. The van der Waals surface area contributed by atoms with E-state index in [4.69, 9.17) is 0 Å². The number of alkyl halides is 1. The molecule has 4 nitrogen and oxygen atoms in total. The molecule has 21 heavy (non-hydrogen) atoms. The molecule has 0 fully saturated rings. The maximum atomic E-state index is 12.3. The zero-order valence-corrected chi connectivity index (χ0v) is 14.3. The minimum absolute atomic E-state index is 0.146. The van der Waals surface area contributed by atoms with E-state index >= 15 is 0 Å². The number of benzene rings is 1. The fourth-order valence-electron chi connectivity index (χ4n) is 2.51. The number of sulfonamides is 1. The number of nitrogens with zero attached hydrogens (tertiary/aromatic N) is 1. The van der Waals surface area contributed by atoms with Crippen molar-refractivity contribution in [2.24, 2.45) is 0 Å². The zero-order valence-electron chi connectivity index (χ0n) is 11.9. The Kier molecular flexibility index (Phi) is 5.81. The predicted molar refractivity (Wildman–Crippen MR) is 86.2 cm³/mol. The van der Waals surface area contributed by atoms with Gasteiger partial charge >= 0.3 is 0 Å². The highest BCUT2D eigenvalue weighted by molar-refractivity contribution is 9.09. The molecule has 0 spiro atoms. The van der Waals surface area contributed by atoms with Crippen LogP contribution in [-0.4, -0.2) is 30.5 Å². The normalized spacial score (nSPS) is 16.2. The van der Waals surface area contributed by atoms with Crippen molar-refractivity contribution in [1.82, 2.24) is 4.31 Å². The summed E-state index contributed by atoms with van der Waals surface area (Å²) in [4.78, 5) is 12.3. The van der Waals surface area contributed by atoms with Crippen molar-refractivity contribution in [3.63, 3.8) is 0 Å². The van der Waals surface area contributed by atoms with Gasteiger partial charge in [-0.1, -0.05) is 53.7 Å². The van der Waals surface area contributed by atoms with Gasteiger partial charge in [-0.3, -0.25) is 4.79 Å². The number of fused-ring (bicyclic) bond motifs is 1. The Balaban J connectivity index is 1.87. The van der Waals surface area contributed by atoms with Gasteiger partial charge in [0.25, 0.3) is 15.9 Å². The van der Waals surface area contributed by atoms with E-state index in [1.165, 1.54) is 18.9 Å². The molecule has 0 saturated heterocycles. The highest BCUT2D eigenvalue weighted by atomic mass is 79.9. The summed E-state index contributed by atoms with van der Waals surface area (Å²) in [7, 11) is -3.62. The van der Waals surface area contributed by atoms with Gasteiger partial charge in [0.2, 0.25) is 0 Å². The number of hydrogen-bond donors (Lipinski definition) is 0. The Hall–Kier alpha value is -0.880. The summed E-state index contributed by atoms with van der Waals surface area (Å²) in [6, 6.07) is 6.43. The molecule has 0 bridgehead atoms. The molecule has 1 aliphatic heterocycles. The molecule has 0 atom stereocenters. The van der Waals surface area contributed by atoms with Gasteiger partial charge in [0.15, 0.2) is 0 Å². The Labute approximate surface area is 134 Å². The summed E-state index contributed by atoms with van der Waals surface area (Å²) in [6.45, 7) is 0.286. The molecule has 0 radical (unpaired) electrons. The fraction of sp³-hybridized carbons (Fsp3) is 0.533. The van der Waals surface area contributed by atoms with Crippen LogP contribution < -0.4 is 0 Å². The fourth-order valence-corrected chi connectivity index (χ4v) is 4.51. The monoisotopic (exact) mass is 373 g/mol. The first-order valence-electron chi connectivity index (χ1n) is 7.31. The van der Waals surface area contributed by atoms with Gasteiger partial charge in [-0.2, -0.15) is 0 Å². The van der Waals surface area contributed by atoms with E-state index in [1.807, 2.05) is 0 Å². The van der Waals surface area contributed by atoms with Crippen molar-refractivity contribution in [3.8, 4) is 0 Å². The molecule has 1 amide bonds. The Morgan fingerprint density at radius 3 is 2.24 bits per heavy atom. The standard InChI is InChI=1S/C15H20BrNO3S/c16-11-7-3-1-2-4-8-12-17-15(18)13-9-5-6-10-14(13)21(17,19)20/h5-6,9-10H,1-4,7-8,11-12H2. The van der Waals surface area contributed by atoms with Crippen LogP contribution in [0, 0.1) is 0 Å². The van der Waals surface area contributed by atoms with Gasteiger partial charge in [0, 0.05) is 11.9 Å². The third kappa shape index (κ3) is 3.66. The largest absolute Gasteiger partial charge is 0.269 e. The molecule has 2 rings (SSSR count). The molecule has 0 N–H and O–H groups in total. The lowest BCUT2D eigenvalue weighted by atomic mass is 10.1. The number of halogens is 1. The third-order valence-electron chi connectivity index (χ3n) is 3.66. The maximum absolute atomic E-state index is 12.3. The predicted octanol–water partition coefficient (Wildman–Crippen LogP) is 3.57. The smallest absolute Gasteiger partial charge is 0.268 e. The van der Waals surface area contributed by atoms with Crippen LogP contribution in [0.2, 0.25) is 0 Å². The molecule has 1 aromatic carbocycles. The molecule has 0 aliphatic carbocycles. The van der Waals surface area contributed by atoms with Crippen LogP contribution in [0.15, 0.2) is 29.2 Å². The van der Waals surface area contributed by atoms with E-state index in [-0.39, 0.29) is 17.3 Å². The van der Waals surface area contributed by atoms with Crippen molar-refractivity contribution in [1.29, 1.82) is 0 Å². The molecule has 1 heterocycles. The molecule has 0 saturated carbocycles. The summed E-state index contributed by atoms with van der Waals surface area (Å²) >= 11 is 3.40. The van der Waals surface area contributed by atoms with Crippen LogP contribution in [0.4, 0.5) is 0 Å². The highest BCUT2D eigenvalue weighted by Gasteiger charge is 2.40. The van der Waals surface area contributed by atoms with E-state index in [1.54, 1.807) is 18.2 Å². The van der Waals surface area contributed by atoms with Gasteiger partial charge in [-0.05, 0) is 25.0 Å². The van der Waals surface area contributed by atoms with Crippen LogP contribution >= 0.6 is 15.9 Å². The van der Waals surface area contributed by atoms with Crippen LogP contribution in [0.1, 0.15) is 48.9 Å². The van der Waals surface area contributed by atoms with Crippen LogP contribution in [0.3, 0.4) is 0 Å². The van der Waals surface area contributed by atoms with E-state index in [0.717, 1.165) is 35.3 Å². The second kappa shape index (κ2) is 7.40. The first-order valence-corrected chi connectivity index (χ1v) is 9.87. The number of rotatable bonds is 8. The number of hydrogen-bond acceptors (Lipinski definition) is 3. The lowest BCUT2D eigenvalue weighted by molar-refractivity contribution is 0.0869. The molecular weight excluding hydrogens is 354 g/mol. The van der Waals surface area contributed by atoms with Gasteiger partial charge < -0.3 is 0 Å². The summed E-state index contributed by atoms with van der Waals surface area (Å²) < 4.78 is 25.6. The Morgan fingerprint density at radius 2 is 1.57 bits per heavy atom. The second-order valence-electron chi connectivity index (χ2n) is 5.19. The summed E-state index contributed by atoms with van der Waals surface area (Å²) in [5, 5.41) is 1.03. The topological polar surface area (TPSA) is 54.5 Å². The van der Waals surface area contributed by atoms with E-state index in [0.29, 0.717) is 5.56 Å². The number of carbonyl (C=O) groups is 1. The van der Waals surface area contributed by atoms with Crippen molar-refractivity contribution in [2.45, 2.75) is 43.4 Å². The zero-order chi connectivity index (χ0) is 15.3. The van der Waals surface area contributed by atoms with Crippen LogP contribution in [0.25, 0.3) is 0 Å². The first kappa shape index (κ1) is 16.5. The average Bonchev–Trinajstić information content (AvgIpc) is 2.67. The van der Waals surface area contributed by atoms with Crippen molar-refractivity contribution < 1.29 is 13.2 Å². The molecule has 0 aromatic heterocycles. The minimum Gasteiger partial charge on any atom is -0.268 e. The van der Waals surface area contributed by atoms with Crippen molar-refractivity contribution >= 4 is 31.9 Å². The molecule has 6 heteroatoms. The van der Waals surface area contributed by atoms with Gasteiger partial charge in [-0.15, -0.1) is 0 Å². The quantitative estimate of drug-likeness (QED) is 0.516. The van der Waals surface area contributed by atoms with Gasteiger partial charge in [-0.25, -0.2) is 12.7 Å². The summed E-state index contributed by atoms with van der Waals surface area (Å²) in [5.41, 5.74) is 0.301. The first-order chi connectivity index (χ1) is 10.1. The highest BCUT2D eigenvalue weighted by Crippen LogP contribution is 2.30. The van der Waals surface area contributed by atoms with Crippen molar-refractivity contribution in [2.75, 3.05) is 11.9 Å². The SMILES string of the molecule is O=C1c2ccccc2S(=O)(=O)N1CCCCCCCCBr. The Bertz CT molecular complexity index is 601. The van der Waals surface area contributed by atoms with Gasteiger partial charge in [0.05, 0.1) is 5.56 Å². The van der Waals surface area contributed by atoms with Crippen molar-refractivity contribution in [3.05, 3.63) is 29.8 Å². The molecule has 1 aromatic rings. The average molecular weight is 374 g/mol. The molecular formula is C15H20BrNO3S. The lowest BCUT2D eigenvalue weighted by Crippen LogP contribution is -2.30. The van der Waals surface area contributed by atoms with E-state index in [2.05, 4.69) is 15.9 Å². The number of unbranched alkanes of at least 4 members (excludes halogenated alkanes) is 5. The second-order valence-corrected chi connectivity index (χ2v) is 7.81. The summed E-state index contributed by atoms with van der Waals surface area (Å²) in [5.74, 6) is -0.384. The van der Waals surface area contributed by atoms with E-state index in [9.17, 15) is 13.2 Å². The number of amides is 1. The lowest BCUT2D eigenvalue weighted by Gasteiger charge is -2.14. The molecule has 116 valence electrons. The maximum Gasteiger partial charge on any atom is 0.269 e. The number of carbonyl (C=O) groups excluding carboxylic acids is 1. The van der Waals surface area contributed by atoms with Crippen LogP contribution in [-0.2, 0) is 10.0 Å². The van der Waals surface area contributed by atoms with Gasteiger partial charge in [0.1, 0.15) is 4.90 Å². The molecule has 1 aliphatic rings. The Morgan fingerprint density at radius 1 is 0.952 bits per heavy atom. The summed E-state index contributed by atoms with van der Waals surface area (Å²) in [6.07, 6.45) is 6.30. The molecule has 0 unspecified atom stereocenters.